The molecule has 2 aliphatic rings. The molecule has 1 aromatic carbocycles. The van der Waals surface area contributed by atoms with Crippen LogP contribution in [0.3, 0.4) is 0 Å². The smallest absolute Gasteiger partial charge is 0.422 e. The molecule has 0 unspecified atom stereocenters. The predicted octanol–water partition coefficient (Wildman–Crippen LogP) is 2.98. The monoisotopic (exact) mass is 271 g/mol. The average Bonchev–Trinajstić information content (AvgIpc) is 3.15. The molecule has 0 heterocycles. The van der Waals surface area contributed by atoms with Crippen LogP contribution in [0.5, 0.6) is 5.75 Å². The van der Waals surface area contributed by atoms with Gasteiger partial charge in [-0.25, -0.2) is 0 Å². The highest BCUT2D eigenvalue weighted by Crippen LogP contribution is 2.75. The van der Waals surface area contributed by atoms with Gasteiger partial charge >= 0.3 is 6.18 Å². The van der Waals surface area contributed by atoms with Gasteiger partial charge in [-0.1, -0.05) is 0 Å². The molecule has 3 rings (SSSR count). The average molecular weight is 271 g/mol. The first-order valence-corrected chi connectivity index (χ1v) is 6.00. The number of ether oxygens (including phenoxy) is 1. The first kappa shape index (κ1) is 12.3. The fraction of sp³-hybridized carbons (Fsp3) is 0.462. The lowest BCUT2D eigenvalue weighted by atomic mass is 10.2. The zero-order chi connectivity index (χ0) is 13.7. The summed E-state index contributed by atoms with van der Waals surface area (Å²) in [5.41, 5.74) is 0.460. The van der Waals surface area contributed by atoms with Crippen LogP contribution in [-0.4, -0.2) is 18.7 Å². The molecule has 0 radical (unpaired) electrons. The highest BCUT2D eigenvalue weighted by Gasteiger charge is 2.74. The minimum atomic E-state index is -4.35. The van der Waals surface area contributed by atoms with E-state index in [-0.39, 0.29) is 17.1 Å². The highest BCUT2D eigenvalue weighted by atomic mass is 19.4. The van der Waals surface area contributed by atoms with Crippen LogP contribution in [0.2, 0.25) is 0 Å². The molecule has 19 heavy (non-hydrogen) atoms. The quantitative estimate of drug-likeness (QED) is 0.914. The van der Waals surface area contributed by atoms with E-state index >= 15 is 0 Å². The van der Waals surface area contributed by atoms with Crippen LogP contribution in [0, 0.1) is 11.3 Å². The molecular weight excluding hydrogens is 259 g/mol. The Kier molecular flexibility index (Phi) is 2.52. The third kappa shape index (κ3) is 2.52. The van der Waals surface area contributed by atoms with Gasteiger partial charge in [-0.3, -0.25) is 4.79 Å². The van der Waals surface area contributed by atoms with Crippen molar-refractivity contribution in [2.45, 2.75) is 19.0 Å². The van der Waals surface area contributed by atoms with Crippen molar-refractivity contribution < 1.29 is 22.7 Å². The summed E-state index contributed by atoms with van der Waals surface area (Å²) in [7, 11) is 0. The van der Waals surface area contributed by atoms with Gasteiger partial charge in [-0.05, 0) is 43.0 Å². The van der Waals surface area contributed by atoms with Gasteiger partial charge in [0.2, 0.25) is 5.91 Å². The summed E-state index contributed by atoms with van der Waals surface area (Å²) in [5, 5.41) is 2.77. The summed E-state index contributed by atoms with van der Waals surface area (Å²) in [4.78, 5) is 11.8. The van der Waals surface area contributed by atoms with Crippen molar-refractivity contribution in [2.75, 3.05) is 11.9 Å². The number of anilines is 1. The number of hydrogen-bond donors (Lipinski definition) is 1. The van der Waals surface area contributed by atoms with E-state index in [9.17, 15) is 18.0 Å². The van der Waals surface area contributed by atoms with Gasteiger partial charge in [-0.15, -0.1) is 0 Å². The van der Waals surface area contributed by atoms with Gasteiger partial charge in [0.05, 0.1) is 5.41 Å². The summed E-state index contributed by atoms with van der Waals surface area (Å²) in [6, 6.07) is 5.91. The Morgan fingerprint density at radius 2 is 1.89 bits per heavy atom. The van der Waals surface area contributed by atoms with E-state index < -0.39 is 12.8 Å². The van der Waals surface area contributed by atoms with Crippen LogP contribution in [-0.2, 0) is 4.79 Å². The first-order valence-electron chi connectivity index (χ1n) is 6.00. The molecule has 1 amide bonds. The molecule has 3 nitrogen and oxygen atoms in total. The van der Waals surface area contributed by atoms with Crippen molar-refractivity contribution in [3.05, 3.63) is 24.3 Å². The number of alkyl halides is 3. The van der Waals surface area contributed by atoms with Gasteiger partial charge in [-0.2, -0.15) is 13.2 Å². The van der Waals surface area contributed by atoms with E-state index in [0.717, 1.165) is 12.8 Å². The molecule has 1 N–H and O–H groups in total. The zero-order valence-corrected chi connectivity index (χ0v) is 9.96. The van der Waals surface area contributed by atoms with Crippen molar-refractivity contribution in [2.24, 2.45) is 11.3 Å². The SMILES string of the molecule is O=C(Nc1ccc(OCC(F)(F)F)cc1)C12CC1C2. The third-order valence-electron chi connectivity index (χ3n) is 3.65. The molecule has 2 saturated carbocycles. The Balaban J connectivity index is 1.55. The number of hydrogen-bond acceptors (Lipinski definition) is 2. The molecule has 0 saturated heterocycles. The number of benzene rings is 1. The number of amides is 1. The fourth-order valence-electron chi connectivity index (χ4n) is 2.13. The predicted molar refractivity (Wildman–Crippen MR) is 61.8 cm³/mol. The molecule has 2 aliphatic carbocycles. The normalized spacial score (nSPS) is 27.4. The van der Waals surface area contributed by atoms with E-state index in [1.54, 1.807) is 12.1 Å². The Hall–Kier alpha value is -1.72. The van der Waals surface area contributed by atoms with E-state index in [4.69, 9.17) is 0 Å². The standard InChI is InChI=1S/C13H12F3NO2/c14-13(15,16)7-19-10-3-1-9(2-4-10)17-11(18)12-5-8(12)6-12/h1-4,8H,5-7H2,(H,17,18). The first-order chi connectivity index (χ1) is 8.89. The third-order valence-corrected chi connectivity index (χ3v) is 3.65. The summed E-state index contributed by atoms with van der Waals surface area (Å²) in [6.07, 6.45) is -2.42. The number of halogens is 3. The number of carbonyl (C=O) groups is 1. The van der Waals surface area contributed by atoms with Gasteiger partial charge < -0.3 is 10.1 Å². The minimum absolute atomic E-state index is 0.0152. The largest absolute Gasteiger partial charge is 0.484 e. The molecule has 1 aromatic rings. The Morgan fingerprint density at radius 1 is 1.32 bits per heavy atom. The lowest BCUT2D eigenvalue weighted by Crippen LogP contribution is -2.19. The van der Waals surface area contributed by atoms with Gasteiger partial charge in [0.1, 0.15) is 5.75 Å². The minimum Gasteiger partial charge on any atom is -0.484 e. The van der Waals surface area contributed by atoms with Crippen molar-refractivity contribution in [1.29, 1.82) is 0 Å². The Labute approximate surface area is 107 Å². The molecule has 0 atom stereocenters. The Morgan fingerprint density at radius 3 is 2.37 bits per heavy atom. The molecule has 2 fully saturated rings. The van der Waals surface area contributed by atoms with Crippen molar-refractivity contribution in [3.63, 3.8) is 0 Å². The van der Waals surface area contributed by atoms with E-state index in [1.165, 1.54) is 12.1 Å². The summed E-state index contributed by atoms with van der Waals surface area (Å²) in [5.74, 6) is 0.701. The maximum absolute atomic E-state index is 12.0. The van der Waals surface area contributed by atoms with Crippen LogP contribution in [0.15, 0.2) is 24.3 Å². The molecule has 0 bridgehead atoms. The van der Waals surface area contributed by atoms with E-state index in [0.29, 0.717) is 11.6 Å². The van der Waals surface area contributed by atoms with Crippen LogP contribution >= 0.6 is 0 Å². The van der Waals surface area contributed by atoms with Crippen LogP contribution in [0.4, 0.5) is 18.9 Å². The zero-order valence-electron chi connectivity index (χ0n) is 9.96. The van der Waals surface area contributed by atoms with E-state index in [1.807, 2.05) is 0 Å². The lowest BCUT2D eigenvalue weighted by Gasteiger charge is -2.10. The van der Waals surface area contributed by atoms with Gasteiger partial charge in [0.15, 0.2) is 6.61 Å². The van der Waals surface area contributed by atoms with Crippen LogP contribution < -0.4 is 10.1 Å². The number of rotatable bonds is 4. The molecule has 0 spiro atoms. The van der Waals surface area contributed by atoms with Crippen LogP contribution in [0.25, 0.3) is 0 Å². The molecule has 0 aliphatic heterocycles. The maximum atomic E-state index is 12.0. The molecular formula is C13H12F3NO2. The highest BCUT2D eigenvalue weighted by molar-refractivity contribution is 6.00. The van der Waals surface area contributed by atoms with Gasteiger partial charge in [0.25, 0.3) is 0 Å². The number of fused-ring (bicyclic) bond motifs is 1. The van der Waals surface area contributed by atoms with Crippen molar-refractivity contribution in [1.82, 2.24) is 0 Å². The maximum Gasteiger partial charge on any atom is 0.422 e. The second kappa shape index (κ2) is 3.88. The summed E-state index contributed by atoms with van der Waals surface area (Å²) >= 11 is 0. The Bertz CT molecular complexity index is 504. The second-order valence-electron chi connectivity index (χ2n) is 5.14. The van der Waals surface area contributed by atoms with Crippen LogP contribution in [0.1, 0.15) is 12.8 Å². The summed E-state index contributed by atoms with van der Waals surface area (Å²) < 4.78 is 40.4. The number of nitrogens with one attached hydrogen (secondary N) is 1. The lowest BCUT2D eigenvalue weighted by molar-refractivity contribution is -0.153. The topological polar surface area (TPSA) is 38.3 Å². The van der Waals surface area contributed by atoms with Crippen molar-refractivity contribution in [3.8, 4) is 5.75 Å². The van der Waals surface area contributed by atoms with Crippen molar-refractivity contribution >= 4 is 11.6 Å². The van der Waals surface area contributed by atoms with E-state index in [2.05, 4.69) is 10.1 Å². The molecule has 0 aromatic heterocycles. The molecule has 6 heteroatoms. The summed E-state index contributed by atoms with van der Waals surface area (Å²) in [6.45, 7) is -1.32. The fourth-order valence-corrected chi connectivity index (χ4v) is 2.13. The van der Waals surface area contributed by atoms with Gasteiger partial charge in [0, 0.05) is 5.69 Å². The number of carbonyl (C=O) groups excluding carboxylic acids is 1. The molecule has 102 valence electrons. The second-order valence-corrected chi connectivity index (χ2v) is 5.14.